The highest BCUT2D eigenvalue weighted by atomic mass is 16.1. The third-order valence-electron chi connectivity index (χ3n) is 4.93. The normalized spacial score (nSPS) is 15.2. The van der Waals surface area contributed by atoms with Crippen LogP contribution in [0.2, 0.25) is 0 Å². The number of nitrogens with zero attached hydrogens (tertiary/aromatic N) is 5. The summed E-state index contributed by atoms with van der Waals surface area (Å²) in [6.07, 6.45) is 3.73. The zero-order valence-electron chi connectivity index (χ0n) is 15.3. The first-order valence-corrected chi connectivity index (χ1v) is 9.02. The van der Waals surface area contributed by atoms with E-state index < -0.39 is 0 Å². The number of anilines is 2. The van der Waals surface area contributed by atoms with Crippen LogP contribution in [0.25, 0.3) is 5.69 Å². The quantitative estimate of drug-likeness (QED) is 0.720. The summed E-state index contributed by atoms with van der Waals surface area (Å²) in [6.45, 7) is 6.51. The molecule has 3 heterocycles. The van der Waals surface area contributed by atoms with Crippen LogP contribution >= 0.6 is 0 Å². The van der Waals surface area contributed by atoms with Crippen molar-refractivity contribution in [2.45, 2.75) is 13.5 Å². The Morgan fingerprint density at radius 2 is 2.00 bits per heavy atom. The van der Waals surface area contributed by atoms with E-state index in [9.17, 15) is 4.79 Å². The first-order chi connectivity index (χ1) is 13.1. The van der Waals surface area contributed by atoms with Gasteiger partial charge >= 0.3 is 0 Å². The first kappa shape index (κ1) is 17.3. The van der Waals surface area contributed by atoms with Gasteiger partial charge in [0.25, 0.3) is 5.56 Å². The lowest BCUT2D eigenvalue weighted by atomic mass is 10.1. The average Bonchev–Trinajstić information content (AvgIpc) is 3.18. The van der Waals surface area contributed by atoms with Crippen molar-refractivity contribution >= 4 is 11.8 Å². The smallest absolute Gasteiger partial charge is 0.254 e. The monoisotopic (exact) mass is 365 g/mol. The minimum Gasteiger partial charge on any atom is -0.369 e. The lowest BCUT2D eigenvalue weighted by Crippen LogP contribution is -2.46. The highest BCUT2D eigenvalue weighted by Gasteiger charge is 2.19. The molecular weight excluding hydrogens is 342 g/mol. The Morgan fingerprint density at radius 3 is 2.67 bits per heavy atom. The van der Waals surface area contributed by atoms with Gasteiger partial charge in [0, 0.05) is 51.2 Å². The number of aromatic nitrogens is 4. The highest BCUT2D eigenvalue weighted by molar-refractivity contribution is 5.42. The molecule has 1 aromatic carbocycles. The van der Waals surface area contributed by atoms with Crippen LogP contribution in [-0.2, 0) is 6.54 Å². The van der Waals surface area contributed by atoms with E-state index in [2.05, 4.69) is 50.0 Å². The second-order valence-corrected chi connectivity index (χ2v) is 6.81. The summed E-state index contributed by atoms with van der Waals surface area (Å²) >= 11 is 0. The molecule has 27 heavy (non-hydrogen) atoms. The molecule has 0 radical (unpaired) electrons. The van der Waals surface area contributed by atoms with E-state index in [1.807, 2.05) is 16.9 Å². The van der Waals surface area contributed by atoms with Gasteiger partial charge in [-0.2, -0.15) is 10.1 Å². The fraction of sp³-hybridized carbons (Fsp3) is 0.316. The molecule has 0 bridgehead atoms. The van der Waals surface area contributed by atoms with E-state index in [4.69, 9.17) is 5.73 Å². The van der Waals surface area contributed by atoms with Crippen LogP contribution in [0, 0.1) is 6.92 Å². The summed E-state index contributed by atoms with van der Waals surface area (Å²) in [5, 5.41) is 4.28. The molecule has 4 rings (SSSR count). The summed E-state index contributed by atoms with van der Waals surface area (Å²) in [5.41, 5.74) is 9.08. The molecule has 3 aromatic rings. The van der Waals surface area contributed by atoms with Crippen LogP contribution in [0.3, 0.4) is 0 Å². The zero-order chi connectivity index (χ0) is 18.8. The van der Waals surface area contributed by atoms with Gasteiger partial charge in [-0.05, 0) is 36.2 Å². The van der Waals surface area contributed by atoms with Gasteiger partial charge in [-0.1, -0.05) is 6.07 Å². The van der Waals surface area contributed by atoms with E-state index >= 15 is 0 Å². The molecule has 2 aromatic heterocycles. The molecule has 1 fully saturated rings. The lowest BCUT2D eigenvalue weighted by Gasteiger charge is -2.35. The molecular formula is C19H23N7O. The number of nitrogen functional groups attached to an aromatic ring is 1. The summed E-state index contributed by atoms with van der Waals surface area (Å²) < 4.78 is 1.87. The molecule has 0 saturated carbocycles. The minimum atomic E-state index is -0.215. The summed E-state index contributed by atoms with van der Waals surface area (Å²) in [4.78, 5) is 22.8. The van der Waals surface area contributed by atoms with Crippen LogP contribution < -0.4 is 16.2 Å². The average molecular weight is 365 g/mol. The number of rotatable bonds is 4. The van der Waals surface area contributed by atoms with E-state index in [-0.39, 0.29) is 11.5 Å². The molecule has 0 aliphatic carbocycles. The van der Waals surface area contributed by atoms with E-state index in [1.54, 1.807) is 6.20 Å². The number of benzene rings is 1. The molecule has 1 aliphatic heterocycles. The Morgan fingerprint density at radius 1 is 1.19 bits per heavy atom. The third kappa shape index (κ3) is 3.85. The second-order valence-electron chi connectivity index (χ2n) is 6.81. The van der Waals surface area contributed by atoms with Gasteiger partial charge in [0.05, 0.1) is 5.69 Å². The molecule has 0 atom stereocenters. The predicted molar refractivity (Wildman–Crippen MR) is 105 cm³/mol. The number of aryl methyl sites for hydroxylation is 1. The van der Waals surface area contributed by atoms with Crippen LogP contribution in [0.15, 0.2) is 47.5 Å². The van der Waals surface area contributed by atoms with Crippen LogP contribution in [0.5, 0.6) is 0 Å². The minimum absolute atomic E-state index is 0.160. The van der Waals surface area contributed by atoms with Crippen LogP contribution in [0.4, 0.5) is 11.8 Å². The van der Waals surface area contributed by atoms with E-state index in [1.165, 1.54) is 17.2 Å². The Hall–Kier alpha value is -3.13. The number of nitrogens with two attached hydrogens (primary N) is 1. The third-order valence-corrected chi connectivity index (χ3v) is 4.93. The highest BCUT2D eigenvalue weighted by Crippen LogP contribution is 2.18. The second kappa shape index (κ2) is 7.24. The van der Waals surface area contributed by atoms with Crippen molar-refractivity contribution in [1.29, 1.82) is 0 Å². The molecule has 1 aliphatic rings. The summed E-state index contributed by atoms with van der Waals surface area (Å²) in [6, 6.07) is 9.88. The topological polar surface area (TPSA) is 96.1 Å². The molecule has 0 spiro atoms. The number of hydrogen-bond acceptors (Lipinski definition) is 6. The number of H-pyrrole nitrogens is 1. The van der Waals surface area contributed by atoms with Crippen LogP contribution in [-0.4, -0.2) is 50.8 Å². The SMILES string of the molecule is Cc1cc(-n2cccn2)ccc1CN1CCN(c2cc(=O)[nH]c(N)n2)CC1. The largest absolute Gasteiger partial charge is 0.369 e. The number of hydrogen-bond donors (Lipinski definition) is 2. The van der Waals surface area contributed by atoms with Gasteiger partial charge < -0.3 is 10.6 Å². The molecule has 8 heteroatoms. The number of piperazine rings is 1. The fourth-order valence-electron chi connectivity index (χ4n) is 3.42. The van der Waals surface area contributed by atoms with Gasteiger partial charge in [0.2, 0.25) is 5.95 Å². The van der Waals surface area contributed by atoms with Crippen molar-refractivity contribution in [1.82, 2.24) is 24.6 Å². The van der Waals surface area contributed by atoms with Crippen molar-refractivity contribution in [2.75, 3.05) is 36.8 Å². The molecule has 0 amide bonds. The number of nitrogens with one attached hydrogen (secondary N) is 1. The Bertz CT molecular complexity index is 972. The maximum atomic E-state index is 11.6. The van der Waals surface area contributed by atoms with Crippen molar-refractivity contribution in [3.8, 4) is 5.69 Å². The predicted octanol–water partition coefficient (Wildman–Crippen LogP) is 1.17. The Balaban J connectivity index is 1.40. The van der Waals surface area contributed by atoms with E-state index in [0.717, 1.165) is 38.4 Å². The first-order valence-electron chi connectivity index (χ1n) is 9.02. The Kier molecular flexibility index (Phi) is 4.64. The summed E-state index contributed by atoms with van der Waals surface area (Å²) in [5.74, 6) is 0.809. The molecule has 140 valence electrons. The van der Waals surface area contributed by atoms with Crippen LogP contribution in [0.1, 0.15) is 11.1 Å². The van der Waals surface area contributed by atoms with Gasteiger partial charge in [0.1, 0.15) is 5.82 Å². The standard InChI is InChI=1S/C19H23N7O/c1-14-11-16(26-6-2-5-21-26)4-3-15(14)13-24-7-9-25(10-8-24)17-12-18(27)23-19(20)22-17/h2-6,11-12H,7-10,13H2,1H3,(H3,20,22,23,27). The fourth-order valence-corrected chi connectivity index (χ4v) is 3.42. The zero-order valence-corrected chi connectivity index (χ0v) is 15.3. The number of aromatic amines is 1. The van der Waals surface area contributed by atoms with Gasteiger partial charge in [-0.25, -0.2) is 4.68 Å². The van der Waals surface area contributed by atoms with E-state index in [0.29, 0.717) is 5.82 Å². The maximum Gasteiger partial charge on any atom is 0.254 e. The molecule has 0 unspecified atom stereocenters. The molecule has 8 nitrogen and oxygen atoms in total. The van der Waals surface area contributed by atoms with Gasteiger partial charge in [0.15, 0.2) is 0 Å². The van der Waals surface area contributed by atoms with Crippen molar-refractivity contribution in [2.24, 2.45) is 0 Å². The molecule has 1 saturated heterocycles. The Labute approximate surface area is 157 Å². The van der Waals surface area contributed by atoms with Crippen molar-refractivity contribution < 1.29 is 0 Å². The maximum absolute atomic E-state index is 11.6. The molecule has 3 N–H and O–H groups in total. The summed E-state index contributed by atoms with van der Waals surface area (Å²) in [7, 11) is 0. The lowest BCUT2D eigenvalue weighted by molar-refractivity contribution is 0.249. The van der Waals surface area contributed by atoms with Crippen molar-refractivity contribution in [3.05, 3.63) is 64.2 Å². The van der Waals surface area contributed by atoms with Gasteiger partial charge in [-0.15, -0.1) is 0 Å². The van der Waals surface area contributed by atoms with Gasteiger partial charge in [-0.3, -0.25) is 14.7 Å². The van der Waals surface area contributed by atoms with Crippen molar-refractivity contribution in [3.63, 3.8) is 0 Å².